The second kappa shape index (κ2) is 8.15. The first-order valence-electron chi connectivity index (χ1n) is 7.88. The van der Waals surface area contributed by atoms with Gasteiger partial charge in [-0.2, -0.15) is 0 Å². The maximum Gasteiger partial charge on any atom is 0.262 e. The highest BCUT2D eigenvalue weighted by atomic mass is 16.5. The van der Waals surface area contributed by atoms with Gasteiger partial charge in [-0.1, -0.05) is 31.2 Å². The maximum atomic E-state index is 12.2. The highest BCUT2D eigenvalue weighted by Crippen LogP contribution is 2.21. The smallest absolute Gasteiger partial charge is 0.262 e. The summed E-state index contributed by atoms with van der Waals surface area (Å²) >= 11 is 0. The number of ether oxygens (including phenoxy) is 1. The van der Waals surface area contributed by atoms with Crippen LogP contribution >= 0.6 is 0 Å². The lowest BCUT2D eigenvalue weighted by Crippen LogP contribution is -2.21. The number of benzene rings is 2. The fourth-order valence-electron chi connectivity index (χ4n) is 2.39. The molecule has 0 atom stereocenters. The van der Waals surface area contributed by atoms with Gasteiger partial charge >= 0.3 is 0 Å². The van der Waals surface area contributed by atoms with Crippen molar-refractivity contribution < 1.29 is 14.3 Å². The number of para-hydroxylation sites is 1. The normalized spacial score (nSPS) is 10.1. The summed E-state index contributed by atoms with van der Waals surface area (Å²) in [4.78, 5) is 23.2. The molecule has 0 aromatic heterocycles. The van der Waals surface area contributed by atoms with Crippen LogP contribution in [0.2, 0.25) is 0 Å². The highest BCUT2D eigenvalue weighted by molar-refractivity contribution is 5.93. The molecule has 0 saturated carbocycles. The van der Waals surface area contributed by atoms with Crippen LogP contribution in [0.3, 0.4) is 0 Å². The van der Waals surface area contributed by atoms with E-state index in [0.29, 0.717) is 11.4 Å². The molecule has 126 valence electrons. The number of carbonyl (C=O) groups is 2. The SMILES string of the molecule is CCc1cccc(C)c1NC(=O)COc1cccc(NC(C)=O)c1. The number of rotatable bonds is 6. The van der Waals surface area contributed by atoms with Crippen LogP contribution in [-0.4, -0.2) is 18.4 Å². The Kier molecular flexibility index (Phi) is 5.95. The van der Waals surface area contributed by atoms with Gasteiger partial charge in [-0.05, 0) is 36.6 Å². The lowest BCUT2D eigenvalue weighted by atomic mass is 10.1. The monoisotopic (exact) mass is 326 g/mol. The van der Waals surface area contributed by atoms with Gasteiger partial charge in [0.25, 0.3) is 5.91 Å². The van der Waals surface area contributed by atoms with Crippen LogP contribution in [0.15, 0.2) is 42.5 Å². The van der Waals surface area contributed by atoms with Crippen molar-refractivity contribution in [1.82, 2.24) is 0 Å². The van der Waals surface area contributed by atoms with Gasteiger partial charge < -0.3 is 15.4 Å². The molecule has 24 heavy (non-hydrogen) atoms. The summed E-state index contributed by atoms with van der Waals surface area (Å²) in [5.74, 6) is 0.150. The molecule has 5 nitrogen and oxygen atoms in total. The van der Waals surface area contributed by atoms with Gasteiger partial charge in [0.05, 0.1) is 0 Å². The van der Waals surface area contributed by atoms with Crippen LogP contribution in [0.25, 0.3) is 0 Å². The molecule has 2 N–H and O–H groups in total. The van der Waals surface area contributed by atoms with Crippen molar-refractivity contribution in [3.05, 3.63) is 53.6 Å². The molecule has 2 amide bonds. The Morgan fingerprint density at radius 3 is 2.54 bits per heavy atom. The summed E-state index contributed by atoms with van der Waals surface area (Å²) in [6.07, 6.45) is 0.844. The topological polar surface area (TPSA) is 67.4 Å². The quantitative estimate of drug-likeness (QED) is 0.853. The third kappa shape index (κ3) is 4.84. The lowest BCUT2D eigenvalue weighted by molar-refractivity contribution is -0.118. The van der Waals surface area contributed by atoms with E-state index >= 15 is 0 Å². The van der Waals surface area contributed by atoms with E-state index < -0.39 is 0 Å². The van der Waals surface area contributed by atoms with E-state index in [1.54, 1.807) is 24.3 Å². The number of aryl methyl sites for hydroxylation is 2. The van der Waals surface area contributed by atoms with E-state index in [4.69, 9.17) is 4.74 Å². The molecule has 0 heterocycles. The minimum absolute atomic E-state index is 0.0962. The molecule has 2 aromatic rings. The van der Waals surface area contributed by atoms with E-state index in [1.807, 2.05) is 25.1 Å². The first-order valence-corrected chi connectivity index (χ1v) is 7.88. The Morgan fingerprint density at radius 2 is 1.83 bits per heavy atom. The summed E-state index contributed by atoms with van der Waals surface area (Å²) < 4.78 is 5.51. The van der Waals surface area contributed by atoms with Crippen LogP contribution < -0.4 is 15.4 Å². The van der Waals surface area contributed by atoms with Gasteiger partial charge in [-0.3, -0.25) is 9.59 Å². The zero-order valence-electron chi connectivity index (χ0n) is 14.2. The predicted molar refractivity (Wildman–Crippen MR) is 95.4 cm³/mol. The first kappa shape index (κ1) is 17.5. The predicted octanol–water partition coefficient (Wildman–Crippen LogP) is 3.53. The van der Waals surface area contributed by atoms with Gasteiger partial charge in [0, 0.05) is 24.4 Å². The fourth-order valence-corrected chi connectivity index (χ4v) is 2.39. The second-order valence-corrected chi connectivity index (χ2v) is 5.51. The molecule has 2 aromatic carbocycles. The number of hydrogen-bond acceptors (Lipinski definition) is 3. The second-order valence-electron chi connectivity index (χ2n) is 5.51. The molecule has 0 aliphatic rings. The Bertz CT molecular complexity index is 741. The van der Waals surface area contributed by atoms with Gasteiger partial charge in [-0.25, -0.2) is 0 Å². The highest BCUT2D eigenvalue weighted by Gasteiger charge is 2.09. The van der Waals surface area contributed by atoms with Gasteiger partial charge in [-0.15, -0.1) is 0 Å². The van der Waals surface area contributed by atoms with E-state index in [9.17, 15) is 9.59 Å². The minimum Gasteiger partial charge on any atom is -0.484 e. The molecular formula is C19H22N2O3. The first-order chi connectivity index (χ1) is 11.5. The fraction of sp³-hybridized carbons (Fsp3) is 0.263. The molecule has 0 fully saturated rings. The average Bonchev–Trinajstić information content (AvgIpc) is 2.54. The van der Waals surface area contributed by atoms with Gasteiger partial charge in [0.2, 0.25) is 5.91 Å². The van der Waals surface area contributed by atoms with E-state index in [0.717, 1.165) is 23.2 Å². The molecule has 0 aliphatic heterocycles. The van der Waals surface area contributed by atoms with Crippen molar-refractivity contribution in [2.75, 3.05) is 17.2 Å². The molecule has 0 spiro atoms. The maximum absolute atomic E-state index is 12.2. The Labute approximate surface area is 142 Å². The van der Waals surface area contributed by atoms with E-state index in [2.05, 4.69) is 17.6 Å². The Balaban J connectivity index is 1.98. The minimum atomic E-state index is -0.219. The number of hydrogen-bond donors (Lipinski definition) is 2. The third-order valence-corrected chi connectivity index (χ3v) is 3.53. The van der Waals surface area contributed by atoms with E-state index in [1.165, 1.54) is 6.92 Å². The van der Waals surface area contributed by atoms with Crippen molar-refractivity contribution in [2.45, 2.75) is 27.2 Å². The summed E-state index contributed by atoms with van der Waals surface area (Å²) in [5, 5.41) is 5.59. The van der Waals surface area contributed by atoms with Gasteiger partial charge in [0.15, 0.2) is 6.61 Å². The molecule has 0 unspecified atom stereocenters. The molecule has 0 radical (unpaired) electrons. The van der Waals surface area contributed by atoms with Crippen LogP contribution in [0.5, 0.6) is 5.75 Å². The summed E-state index contributed by atoms with van der Waals surface area (Å²) in [6.45, 7) is 5.36. The third-order valence-electron chi connectivity index (χ3n) is 3.53. The van der Waals surface area contributed by atoms with Crippen LogP contribution in [0.4, 0.5) is 11.4 Å². The number of carbonyl (C=O) groups excluding carboxylic acids is 2. The lowest BCUT2D eigenvalue weighted by Gasteiger charge is -2.13. The van der Waals surface area contributed by atoms with Crippen molar-refractivity contribution in [3.63, 3.8) is 0 Å². The largest absolute Gasteiger partial charge is 0.484 e. The molecular weight excluding hydrogens is 304 g/mol. The molecule has 5 heteroatoms. The Morgan fingerprint density at radius 1 is 1.08 bits per heavy atom. The number of anilines is 2. The molecule has 0 bridgehead atoms. The number of nitrogens with one attached hydrogen (secondary N) is 2. The van der Waals surface area contributed by atoms with Crippen molar-refractivity contribution in [2.24, 2.45) is 0 Å². The van der Waals surface area contributed by atoms with Crippen LogP contribution in [-0.2, 0) is 16.0 Å². The number of amides is 2. The Hall–Kier alpha value is -2.82. The summed E-state index contributed by atoms with van der Waals surface area (Å²) in [7, 11) is 0. The van der Waals surface area contributed by atoms with Crippen LogP contribution in [0, 0.1) is 6.92 Å². The summed E-state index contributed by atoms with van der Waals surface area (Å²) in [5.41, 5.74) is 3.60. The van der Waals surface area contributed by atoms with Gasteiger partial charge in [0.1, 0.15) is 5.75 Å². The molecule has 2 rings (SSSR count). The molecule has 0 saturated heterocycles. The standard InChI is InChI=1S/C19H22N2O3/c1-4-15-8-5-7-13(2)19(15)21-18(23)12-24-17-10-6-9-16(11-17)20-14(3)22/h5-11H,4,12H2,1-3H3,(H,20,22)(H,21,23). The zero-order valence-corrected chi connectivity index (χ0v) is 14.2. The summed E-state index contributed by atoms with van der Waals surface area (Å²) in [6, 6.07) is 12.9. The van der Waals surface area contributed by atoms with Crippen molar-refractivity contribution in [1.29, 1.82) is 0 Å². The van der Waals surface area contributed by atoms with Crippen LogP contribution in [0.1, 0.15) is 25.0 Å². The van der Waals surface area contributed by atoms with Crippen molar-refractivity contribution in [3.8, 4) is 5.75 Å². The zero-order chi connectivity index (χ0) is 17.5. The average molecular weight is 326 g/mol. The molecule has 0 aliphatic carbocycles. The van der Waals surface area contributed by atoms with Crippen molar-refractivity contribution >= 4 is 23.2 Å². The van der Waals surface area contributed by atoms with E-state index in [-0.39, 0.29) is 18.4 Å².